The summed E-state index contributed by atoms with van der Waals surface area (Å²) in [5.41, 5.74) is 7.14. The average Bonchev–Trinajstić information content (AvgIpc) is 2.40. The van der Waals surface area contributed by atoms with Gasteiger partial charge < -0.3 is 15.9 Å². The number of phenolic OH excluding ortho intramolecular Hbond substituents is 1. The number of hydrogen-bond acceptors (Lipinski definition) is 3. The molecule has 0 amide bonds. The van der Waals surface area contributed by atoms with E-state index >= 15 is 0 Å². The van der Waals surface area contributed by atoms with E-state index in [4.69, 9.17) is 5.73 Å². The van der Waals surface area contributed by atoms with E-state index in [0.29, 0.717) is 12.3 Å². The predicted molar refractivity (Wildman–Crippen MR) is 75.2 cm³/mol. The monoisotopic (exact) mass is 261 g/mol. The molecule has 3 nitrogen and oxygen atoms in total. The molecule has 1 aromatic rings. The van der Waals surface area contributed by atoms with E-state index in [1.54, 1.807) is 6.07 Å². The van der Waals surface area contributed by atoms with Gasteiger partial charge in [0.2, 0.25) is 0 Å². The second-order valence-electron chi connectivity index (χ2n) is 6.16. The van der Waals surface area contributed by atoms with Crippen molar-refractivity contribution in [3.63, 3.8) is 0 Å². The Morgan fingerprint density at radius 1 is 1.16 bits per heavy atom. The molecule has 2 aliphatic carbocycles. The first kappa shape index (κ1) is 12.9. The normalized spacial score (nSPS) is 33.6. The minimum absolute atomic E-state index is 0.244. The van der Waals surface area contributed by atoms with E-state index in [0.717, 1.165) is 56.1 Å². The van der Waals surface area contributed by atoms with Crippen LogP contribution in [0.4, 0.5) is 0 Å². The van der Waals surface area contributed by atoms with Crippen molar-refractivity contribution in [2.24, 2.45) is 5.73 Å². The Bertz CT molecular complexity index is 484. The highest BCUT2D eigenvalue weighted by Gasteiger charge is 2.54. The van der Waals surface area contributed by atoms with E-state index < -0.39 is 5.60 Å². The highest BCUT2D eigenvalue weighted by molar-refractivity contribution is 5.48. The minimum atomic E-state index is -0.634. The molecule has 0 spiro atoms. The topological polar surface area (TPSA) is 66.5 Å². The molecule has 4 N–H and O–H groups in total. The lowest BCUT2D eigenvalue weighted by Crippen LogP contribution is -2.57. The SMILES string of the molecule is NCCC12CCCCC1(O)CCc1c(O)cccc12. The summed E-state index contributed by atoms with van der Waals surface area (Å²) >= 11 is 0. The fourth-order valence-corrected chi connectivity index (χ4v) is 4.42. The van der Waals surface area contributed by atoms with Crippen LogP contribution in [0.2, 0.25) is 0 Å². The molecule has 0 radical (unpaired) electrons. The maximum absolute atomic E-state index is 11.2. The molecule has 2 aliphatic rings. The molecule has 0 aromatic heterocycles. The first-order valence-corrected chi connectivity index (χ1v) is 7.37. The van der Waals surface area contributed by atoms with Crippen molar-refractivity contribution in [3.8, 4) is 5.75 Å². The van der Waals surface area contributed by atoms with Gasteiger partial charge in [0.25, 0.3) is 0 Å². The van der Waals surface area contributed by atoms with Crippen LogP contribution in [0.25, 0.3) is 0 Å². The van der Waals surface area contributed by atoms with Gasteiger partial charge in [-0.25, -0.2) is 0 Å². The summed E-state index contributed by atoms with van der Waals surface area (Å²) in [5, 5.41) is 21.3. The highest BCUT2D eigenvalue weighted by atomic mass is 16.3. The third kappa shape index (κ3) is 1.72. The molecule has 19 heavy (non-hydrogen) atoms. The summed E-state index contributed by atoms with van der Waals surface area (Å²) < 4.78 is 0. The van der Waals surface area contributed by atoms with E-state index in [2.05, 4.69) is 6.07 Å². The molecule has 1 aromatic carbocycles. The zero-order chi connectivity index (χ0) is 13.5. The van der Waals surface area contributed by atoms with Gasteiger partial charge in [-0.3, -0.25) is 0 Å². The van der Waals surface area contributed by atoms with Crippen molar-refractivity contribution in [3.05, 3.63) is 29.3 Å². The molecule has 0 aliphatic heterocycles. The third-order valence-electron chi connectivity index (χ3n) is 5.36. The summed E-state index contributed by atoms with van der Waals surface area (Å²) in [6.07, 6.45) is 6.40. The second-order valence-corrected chi connectivity index (χ2v) is 6.16. The molecule has 1 fully saturated rings. The number of aromatic hydroxyl groups is 1. The molecule has 1 saturated carbocycles. The minimum Gasteiger partial charge on any atom is -0.508 e. The summed E-state index contributed by atoms with van der Waals surface area (Å²) in [5.74, 6) is 0.376. The van der Waals surface area contributed by atoms with Gasteiger partial charge in [-0.05, 0) is 55.8 Å². The average molecular weight is 261 g/mol. The van der Waals surface area contributed by atoms with Crippen LogP contribution in [-0.4, -0.2) is 22.4 Å². The van der Waals surface area contributed by atoms with Gasteiger partial charge in [0.05, 0.1) is 5.60 Å². The first-order valence-electron chi connectivity index (χ1n) is 7.37. The molecule has 0 heterocycles. The zero-order valence-electron chi connectivity index (χ0n) is 11.4. The Kier molecular flexibility index (Phi) is 3.06. The number of benzene rings is 1. The van der Waals surface area contributed by atoms with E-state index in [9.17, 15) is 10.2 Å². The summed E-state index contributed by atoms with van der Waals surface area (Å²) in [4.78, 5) is 0. The van der Waals surface area contributed by atoms with Crippen LogP contribution in [0.5, 0.6) is 5.75 Å². The molecular weight excluding hydrogens is 238 g/mol. The van der Waals surface area contributed by atoms with Crippen LogP contribution in [0.15, 0.2) is 18.2 Å². The Hall–Kier alpha value is -1.06. The first-order chi connectivity index (χ1) is 9.13. The van der Waals surface area contributed by atoms with E-state index in [1.807, 2.05) is 6.07 Å². The van der Waals surface area contributed by atoms with Gasteiger partial charge in [0.15, 0.2) is 0 Å². The quantitative estimate of drug-likeness (QED) is 0.765. The Balaban J connectivity index is 2.18. The molecule has 2 unspecified atom stereocenters. The fraction of sp³-hybridized carbons (Fsp3) is 0.625. The number of hydrogen-bond donors (Lipinski definition) is 3. The summed E-state index contributed by atoms with van der Waals surface area (Å²) in [6.45, 7) is 0.581. The van der Waals surface area contributed by atoms with Crippen molar-refractivity contribution in [2.45, 2.75) is 56.0 Å². The van der Waals surface area contributed by atoms with Crippen LogP contribution in [-0.2, 0) is 11.8 Å². The van der Waals surface area contributed by atoms with Gasteiger partial charge in [-0.2, -0.15) is 0 Å². The van der Waals surface area contributed by atoms with Crippen LogP contribution in [0.3, 0.4) is 0 Å². The van der Waals surface area contributed by atoms with Crippen molar-refractivity contribution in [1.82, 2.24) is 0 Å². The van der Waals surface area contributed by atoms with E-state index in [-0.39, 0.29) is 5.41 Å². The van der Waals surface area contributed by atoms with Gasteiger partial charge >= 0.3 is 0 Å². The number of rotatable bonds is 2. The number of fused-ring (bicyclic) bond motifs is 3. The number of phenols is 1. The molecule has 2 atom stereocenters. The molecule has 3 heteroatoms. The van der Waals surface area contributed by atoms with Crippen LogP contribution in [0, 0.1) is 0 Å². The van der Waals surface area contributed by atoms with E-state index in [1.165, 1.54) is 0 Å². The zero-order valence-corrected chi connectivity index (χ0v) is 11.4. The lowest BCUT2D eigenvalue weighted by molar-refractivity contribution is -0.0864. The molecular formula is C16H23NO2. The van der Waals surface area contributed by atoms with Crippen LogP contribution >= 0.6 is 0 Å². The molecule has 3 rings (SSSR count). The Morgan fingerprint density at radius 2 is 1.95 bits per heavy atom. The number of aliphatic hydroxyl groups is 1. The highest BCUT2D eigenvalue weighted by Crippen LogP contribution is 2.55. The smallest absolute Gasteiger partial charge is 0.119 e. The Morgan fingerprint density at radius 3 is 2.74 bits per heavy atom. The van der Waals surface area contributed by atoms with Crippen molar-refractivity contribution < 1.29 is 10.2 Å². The Labute approximate surface area is 114 Å². The van der Waals surface area contributed by atoms with Gasteiger partial charge in [-0.15, -0.1) is 0 Å². The summed E-state index contributed by atoms with van der Waals surface area (Å²) in [6, 6.07) is 5.73. The van der Waals surface area contributed by atoms with Gasteiger partial charge in [0, 0.05) is 5.41 Å². The second kappa shape index (κ2) is 4.50. The van der Waals surface area contributed by atoms with Gasteiger partial charge in [-0.1, -0.05) is 25.0 Å². The largest absolute Gasteiger partial charge is 0.508 e. The van der Waals surface area contributed by atoms with Gasteiger partial charge in [0.1, 0.15) is 5.75 Å². The third-order valence-corrected chi connectivity index (χ3v) is 5.36. The maximum atomic E-state index is 11.2. The van der Waals surface area contributed by atoms with Crippen molar-refractivity contribution in [1.29, 1.82) is 0 Å². The predicted octanol–water partition coefficient (Wildman–Crippen LogP) is 2.23. The van der Waals surface area contributed by atoms with Crippen molar-refractivity contribution >= 4 is 0 Å². The molecule has 0 saturated heterocycles. The molecule has 104 valence electrons. The van der Waals surface area contributed by atoms with Crippen LogP contribution < -0.4 is 5.73 Å². The fourth-order valence-electron chi connectivity index (χ4n) is 4.42. The maximum Gasteiger partial charge on any atom is 0.119 e. The lowest BCUT2D eigenvalue weighted by Gasteiger charge is -2.54. The summed E-state index contributed by atoms with van der Waals surface area (Å²) in [7, 11) is 0. The van der Waals surface area contributed by atoms with Crippen molar-refractivity contribution in [2.75, 3.05) is 6.54 Å². The standard InChI is InChI=1S/C16H23NO2/c17-11-10-15-7-1-2-8-16(15,19)9-6-12-13(15)4-3-5-14(12)18/h3-5,18-19H,1-2,6-11,17H2. The lowest BCUT2D eigenvalue weighted by atomic mass is 9.53. The number of nitrogens with two attached hydrogens (primary N) is 1. The van der Waals surface area contributed by atoms with Crippen LogP contribution in [0.1, 0.15) is 49.7 Å². The molecule has 0 bridgehead atoms.